The molecule has 5 nitrogen and oxygen atoms in total. The second-order valence-corrected chi connectivity index (χ2v) is 5.98. The van der Waals surface area contributed by atoms with E-state index in [2.05, 4.69) is 36.1 Å². The average Bonchev–Trinajstić information content (AvgIpc) is 2.44. The van der Waals surface area contributed by atoms with Gasteiger partial charge in [-0.3, -0.25) is 4.79 Å². The number of nitrogens with zero attached hydrogens (tertiary/aromatic N) is 3. The molecular formula is C16H30N4O. The van der Waals surface area contributed by atoms with Crippen molar-refractivity contribution in [3.8, 4) is 0 Å². The van der Waals surface area contributed by atoms with Gasteiger partial charge in [0.25, 0.3) is 5.56 Å². The summed E-state index contributed by atoms with van der Waals surface area (Å²) in [5.41, 5.74) is 0.863. The molecule has 0 unspecified atom stereocenters. The van der Waals surface area contributed by atoms with Gasteiger partial charge in [-0.25, -0.2) is 4.68 Å². The summed E-state index contributed by atoms with van der Waals surface area (Å²) in [6.45, 7) is 9.94. The molecule has 1 heterocycles. The van der Waals surface area contributed by atoms with Crippen molar-refractivity contribution in [2.75, 3.05) is 31.6 Å². The van der Waals surface area contributed by atoms with Crippen molar-refractivity contribution in [1.29, 1.82) is 0 Å². The van der Waals surface area contributed by atoms with E-state index in [-0.39, 0.29) is 5.56 Å². The molecule has 0 aromatic carbocycles. The molecular weight excluding hydrogens is 264 g/mol. The van der Waals surface area contributed by atoms with Gasteiger partial charge in [-0.2, -0.15) is 5.10 Å². The fourth-order valence-corrected chi connectivity index (χ4v) is 2.21. The zero-order chi connectivity index (χ0) is 15.7. The van der Waals surface area contributed by atoms with Crippen molar-refractivity contribution < 1.29 is 0 Å². The third-order valence-corrected chi connectivity index (χ3v) is 3.49. The molecule has 0 fully saturated rings. The quantitative estimate of drug-likeness (QED) is 0.672. The molecule has 1 aromatic heterocycles. The van der Waals surface area contributed by atoms with Crippen LogP contribution < -0.4 is 15.8 Å². The van der Waals surface area contributed by atoms with Crippen LogP contribution >= 0.6 is 0 Å². The van der Waals surface area contributed by atoms with E-state index in [1.54, 1.807) is 12.3 Å². The van der Waals surface area contributed by atoms with Crippen molar-refractivity contribution in [3.05, 3.63) is 22.6 Å². The van der Waals surface area contributed by atoms with E-state index in [4.69, 9.17) is 0 Å². The first-order valence-electron chi connectivity index (χ1n) is 8.03. The lowest BCUT2D eigenvalue weighted by molar-refractivity contribution is 0.496. The first kappa shape index (κ1) is 17.7. The predicted molar refractivity (Wildman–Crippen MR) is 89.0 cm³/mol. The first-order chi connectivity index (χ1) is 10.0. The standard InChI is InChI=1S/C16H30N4O/c1-5-10-19(4)15-12-16(21)20(18-13-15)11-9-17-8-6-7-14(2)3/h12-14,17H,5-11H2,1-4H3. The molecule has 0 radical (unpaired) electrons. The number of hydrogen-bond donors (Lipinski definition) is 1. The van der Waals surface area contributed by atoms with Crippen LogP contribution in [-0.2, 0) is 6.54 Å². The maximum absolute atomic E-state index is 12.0. The van der Waals surface area contributed by atoms with Gasteiger partial charge in [0, 0.05) is 26.2 Å². The van der Waals surface area contributed by atoms with Gasteiger partial charge in [-0.05, 0) is 31.7 Å². The van der Waals surface area contributed by atoms with Crippen LogP contribution in [0.25, 0.3) is 0 Å². The van der Waals surface area contributed by atoms with Crippen molar-refractivity contribution >= 4 is 5.69 Å². The predicted octanol–water partition coefficient (Wildman–Crippen LogP) is 2.12. The van der Waals surface area contributed by atoms with Crippen LogP contribution in [0.1, 0.15) is 40.0 Å². The highest BCUT2D eigenvalue weighted by atomic mass is 16.1. The number of hydrogen-bond acceptors (Lipinski definition) is 4. The van der Waals surface area contributed by atoms with Crippen molar-refractivity contribution in [2.45, 2.75) is 46.6 Å². The summed E-state index contributed by atoms with van der Waals surface area (Å²) in [5, 5.41) is 7.61. The molecule has 0 atom stereocenters. The Balaban J connectivity index is 2.37. The summed E-state index contributed by atoms with van der Waals surface area (Å²) in [4.78, 5) is 14.1. The number of rotatable bonds is 10. The Kier molecular flexibility index (Phi) is 8.05. The summed E-state index contributed by atoms with van der Waals surface area (Å²) in [6.07, 6.45) is 5.25. The van der Waals surface area contributed by atoms with Gasteiger partial charge in [0.2, 0.25) is 0 Å². The van der Waals surface area contributed by atoms with Crippen LogP contribution in [-0.4, -0.2) is 36.5 Å². The summed E-state index contributed by atoms with van der Waals surface area (Å²) >= 11 is 0. The van der Waals surface area contributed by atoms with E-state index in [0.29, 0.717) is 6.54 Å². The van der Waals surface area contributed by atoms with Crippen LogP contribution in [0.5, 0.6) is 0 Å². The average molecular weight is 294 g/mol. The summed E-state index contributed by atoms with van der Waals surface area (Å²) in [7, 11) is 1.99. The third-order valence-electron chi connectivity index (χ3n) is 3.49. The molecule has 1 rings (SSSR count). The minimum absolute atomic E-state index is 0.0283. The highest BCUT2D eigenvalue weighted by Gasteiger charge is 2.04. The smallest absolute Gasteiger partial charge is 0.268 e. The zero-order valence-electron chi connectivity index (χ0n) is 13.9. The first-order valence-corrected chi connectivity index (χ1v) is 8.03. The molecule has 1 N–H and O–H groups in total. The molecule has 0 spiro atoms. The van der Waals surface area contributed by atoms with Crippen molar-refractivity contribution in [3.63, 3.8) is 0 Å². The van der Waals surface area contributed by atoms with Crippen LogP contribution in [0.15, 0.2) is 17.1 Å². The Hall–Kier alpha value is -1.36. The molecule has 5 heteroatoms. The third kappa shape index (κ3) is 6.76. The molecule has 0 saturated carbocycles. The Morgan fingerprint density at radius 1 is 1.38 bits per heavy atom. The monoisotopic (exact) mass is 294 g/mol. The Bertz CT molecular complexity index is 456. The minimum atomic E-state index is -0.0283. The fraction of sp³-hybridized carbons (Fsp3) is 0.750. The normalized spacial score (nSPS) is 11.1. The SMILES string of the molecule is CCCN(C)c1cnn(CCNCCCC(C)C)c(=O)c1. The van der Waals surface area contributed by atoms with E-state index in [0.717, 1.165) is 37.7 Å². The molecule has 120 valence electrons. The topological polar surface area (TPSA) is 50.2 Å². The van der Waals surface area contributed by atoms with Gasteiger partial charge in [0.1, 0.15) is 0 Å². The van der Waals surface area contributed by atoms with Gasteiger partial charge in [0.05, 0.1) is 18.4 Å². The largest absolute Gasteiger partial charge is 0.373 e. The van der Waals surface area contributed by atoms with Gasteiger partial charge < -0.3 is 10.2 Å². The van der Waals surface area contributed by atoms with E-state index < -0.39 is 0 Å². The molecule has 0 aliphatic rings. The Morgan fingerprint density at radius 3 is 2.76 bits per heavy atom. The van der Waals surface area contributed by atoms with Crippen LogP contribution in [0.2, 0.25) is 0 Å². The van der Waals surface area contributed by atoms with Crippen LogP contribution in [0, 0.1) is 5.92 Å². The lowest BCUT2D eigenvalue weighted by Gasteiger charge is -2.17. The summed E-state index contributed by atoms with van der Waals surface area (Å²) in [5.74, 6) is 0.753. The number of aromatic nitrogens is 2. The minimum Gasteiger partial charge on any atom is -0.373 e. The van der Waals surface area contributed by atoms with E-state index >= 15 is 0 Å². The molecule has 0 amide bonds. The van der Waals surface area contributed by atoms with Gasteiger partial charge in [-0.15, -0.1) is 0 Å². The molecule has 0 saturated heterocycles. The summed E-state index contributed by atoms with van der Waals surface area (Å²) in [6, 6.07) is 1.67. The van der Waals surface area contributed by atoms with E-state index in [9.17, 15) is 4.79 Å². The maximum atomic E-state index is 12.0. The zero-order valence-corrected chi connectivity index (χ0v) is 13.9. The molecule has 0 aliphatic heterocycles. The summed E-state index contributed by atoms with van der Waals surface area (Å²) < 4.78 is 1.53. The highest BCUT2D eigenvalue weighted by Crippen LogP contribution is 2.06. The lowest BCUT2D eigenvalue weighted by Crippen LogP contribution is -2.30. The van der Waals surface area contributed by atoms with Crippen LogP contribution in [0.3, 0.4) is 0 Å². The Morgan fingerprint density at radius 2 is 2.14 bits per heavy atom. The molecule has 1 aromatic rings. The number of anilines is 1. The second-order valence-electron chi connectivity index (χ2n) is 5.98. The molecule has 0 bridgehead atoms. The number of nitrogens with one attached hydrogen (secondary N) is 1. The Labute approximate surface area is 128 Å². The van der Waals surface area contributed by atoms with Gasteiger partial charge in [0.15, 0.2) is 0 Å². The second kappa shape index (κ2) is 9.55. The molecule has 0 aliphatic carbocycles. The van der Waals surface area contributed by atoms with Crippen LogP contribution in [0.4, 0.5) is 5.69 Å². The van der Waals surface area contributed by atoms with Gasteiger partial charge >= 0.3 is 0 Å². The maximum Gasteiger partial charge on any atom is 0.268 e. The molecule has 21 heavy (non-hydrogen) atoms. The lowest BCUT2D eigenvalue weighted by atomic mass is 10.1. The fourth-order valence-electron chi connectivity index (χ4n) is 2.21. The van der Waals surface area contributed by atoms with E-state index in [1.807, 2.05) is 7.05 Å². The van der Waals surface area contributed by atoms with Crippen molar-refractivity contribution in [1.82, 2.24) is 15.1 Å². The van der Waals surface area contributed by atoms with Gasteiger partial charge in [-0.1, -0.05) is 20.8 Å². The highest BCUT2D eigenvalue weighted by molar-refractivity contribution is 5.41. The van der Waals surface area contributed by atoms with E-state index in [1.165, 1.54) is 17.5 Å². The van der Waals surface area contributed by atoms with Crippen molar-refractivity contribution in [2.24, 2.45) is 5.92 Å².